The summed E-state index contributed by atoms with van der Waals surface area (Å²) in [7, 11) is 2.22. The van der Waals surface area contributed by atoms with E-state index in [1.54, 1.807) is 21.3 Å². The predicted octanol–water partition coefficient (Wildman–Crippen LogP) is 2.47. The van der Waals surface area contributed by atoms with E-state index in [0.29, 0.717) is 0 Å². The number of benzene rings is 1. The lowest BCUT2D eigenvalue weighted by atomic mass is 10.4. The van der Waals surface area contributed by atoms with Gasteiger partial charge in [0.1, 0.15) is 0 Å². The number of hydrogen-bond donors (Lipinski definition) is 0. The van der Waals surface area contributed by atoms with E-state index in [9.17, 15) is 13.2 Å². The van der Waals surface area contributed by atoms with Gasteiger partial charge in [-0.15, -0.1) is 0 Å². The van der Waals surface area contributed by atoms with E-state index in [2.05, 4.69) is 0 Å². The Bertz CT molecular complexity index is 344. The van der Waals surface area contributed by atoms with Gasteiger partial charge in [0, 0.05) is 26.5 Å². The van der Waals surface area contributed by atoms with E-state index >= 15 is 0 Å². The normalized spacial score (nSPS) is 10.3. The van der Waals surface area contributed by atoms with Crippen LogP contribution in [0.25, 0.3) is 0 Å². The van der Waals surface area contributed by atoms with E-state index in [-0.39, 0.29) is 0 Å². The van der Waals surface area contributed by atoms with Crippen LogP contribution in [-0.2, 0) is 13.3 Å². The molecule has 0 radical (unpaired) electrons. The molecule has 0 aliphatic carbocycles. The third-order valence-electron chi connectivity index (χ3n) is 2.02. The molecular formula is C11H15F3O3Si. The van der Waals surface area contributed by atoms with Crippen LogP contribution in [0.1, 0.15) is 0 Å². The molecule has 1 rings (SSSR count). The van der Waals surface area contributed by atoms with Gasteiger partial charge in [0.25, 0.3) is 6.08 Å². The highest BCUT2D eigenvalue weighted by Gasteiger charge is 2.40. The molecule has 0 heterocycles. The molecule has 0 amide bonds. The molecule has 0 unspecified atom stereocenters. The van der Waals surface area contributed by atoms with Crippen LogP contribution in [0.5, 0.6) is 0 Å². The third-order valence-corrected chi connectivity index (χ3v) is 4.67. The standard InChI is InChI=1S/C9H14O3Si.C2HF3/c1-10-13(11-2,12-3)9-7-5-4-6-8-9;3-1-2(4)5/h4-8H,1-3H3;1H. The molecule has 3 nitrogen and oxygen atoms in total. The maximum absolute atomic E-state index is 10.2. The van der Waals surface area contributed by atoms with Gasteiger partial charge in [0.15, 0.2) is 6.33 Å². The minimum absolute atomic E-state index is 0.750. The van der Waals surface area contributed by atoms with Crippen LogP contribution >= 0.6 is 0 Å². The highest BCUT2D eigenvalue weighted by Crippen LogP contribution is 2.05. The van der Waals surface area contributed by atoms with Crippen molar-refractivity contribution in [1.29, 1.82) is 0 Å². The van der Waals surface area contributed by atoms with Crippen LogP contribution in [0, 0.1) is 0 Å². The average Bonchev–Trinajstić information content (AvgIpc) is 2.43. The Kier molecular flexibility index (Phi) is 8.30. The van der Waals surface area contributed by atoms with Gasteiger partial charge in [-0.05, 0) is 0 Å². The molecule has 0 saturated heterocycles. The largest absolute Gasteiger partial charge is 0.536 e. The first kappa shape index (κ1) is 16.8. The van der Waals surface area contributed by atoms with Gasteiger partial charge in [0.05, 0.1) is 0 Å². The van der Waals surface area contributed by atoms with E-state index in [0.717, 1.165) is 5.19 Å². The molecule has 0 aromatic heterocycles. The van der Waals surface area contributed by atoms with Crippen molar-refractivity contribution < 1.29 is 26.4 Å². The fourth-order valence-electron chi connectivity index (χ4n) is 1.25. The Hall–Kier alpha value is -1.15. The van der Waals surface area contributed by atoms with Gasteiger partial charge in [-0.2, -0.15) is 8.78 Å². The number of hydrogen-bond acceptors (Lipinski definition) is 3. The fourth-order valence-corrected chi connectivity index (χ4v) is 3.05. The molecule has 0 atom stereocenters. The summed E-state index contributed by atoms with van der Waals surface area (Å²) < 4.78 is 46.7. The molecule has 0 saturated carbocycles. The van der Waals surface area contributed by atoms with Crippen LogP contribution in [0.15, 0.2) is 42.7 Å². The first-order valence-electron chi connectivity index (χ1n) is 4.88. The van der Waals surface area contributed by atoms with Crippen LogP contribution < -0.4 is 5.19 Å². The van der Waals surface area contributed by atoms with Crippen molar-refractivity contribution in [2.24, 2.45) is 0 Å². The predicted molar refractivity (Wildman–Crippen MR) is 64.3 cm³/mol. The zero-order valence-electron chi connectivity index (χ0n) is 10.3. The Morgan fingerprint density at radius 3 is 1.67 bits per heavy atom. The quantitative estimate of drug-likeness (QED) is 0.793. The van der Waals surface area contributed by atoms with Gasteiger partial charge in [0.2, 0.25) is 0 Å². The van der Waals surface area contributed by atoms with Gasteiger partial charge < -0.3 is 13.3 Å². The molecule has 0 N–H and O–H groups in total. The van der Waals surface area contributed by atoms with Crippen molar-refractivity contribution in [3.8, 4) is 0 Å². The van der Waals surface area contributed by atoms with Crippen LogP contribution in [-0.4, -0.2) is 30.1 Å². The summed E-state index contributed by atoms with van der Waals surface area (Å²) in [5.41, 5.74) is 0. The van der Waals surface area contributed by atoms with E-state index in [4.69, 9.17) is 13.3 Å². The molecule has 102 valence electrons. The molecule has 0 spiro atoms. The minimum atomic E-state index is -2.59. The van der Waals surface area contributed by atoms with E-state index < -0.39 is 21.2 Å². The smallest absolute Gasteiger partial charge is 0.373 e. The topological polar surface area (TPSA) is 27.7 Å². The second-order valence-electron chi connectivity index (χ2n) is 2.93. The number of rotatable bonds is 4. The summed E-state index contributed by atoms with van der Waals surface area (Å²) in [6, 6.07) is 9.72. The average molecular weight is 280 g/mol. The summed E-state index contributed by atoms with van der Waals surface area (Å²) >= 11 is 0. The molecule has 7 heteroatoms. The molecule has 0 bridgehead atoms. The summed E-state index contributed by atoms with van der Waals surface area (Å²) in [5.74, 6) is 0. The van der Waals surface area contributed by atoms with Crippen molar-refractivity contribution in [3.05, 3.63) is 42.7 Å². The second-order valence-corrected chi connectivity index (χ2v) is 5.85. The van der Waals surface area contributed by atoms with Gasteiger partial charge in [-0.3, -0.25) is 0 Å². The maximum Gasteiger partial charge on any atom is 0.536 e. The molecule has 0 fully saturated rings. The molecule has 0 aliphatic rings. The molecule has 0 aliphatic heterocycles. The van der Waals surface area contributed by atoms with Crippen LogP contribution in [0.2, 0.25) is 0 Å². The van der Waals surface area contributed by atoms with Crippen molar-refractivity contribution in [2.45, 2.75) is 0 Å². The molecule has 1 aromatic rings. The second kappa shape index (κ2) is 8.87. The lowest BCUT2D eigenvalue weighted by molar-refractivity contribution is 0.140. The third kappa shape index (κ3) is 5.01. The Labute approximate surface area is 105 Å². The fraction of sp³-hybridized carbons (Fsp3) is 0.273. The van der Waals surface area contributed by atoms with Crippen molar-refractivity contribution in [2.75, 3.05) is 21.3 Å². The van der Waals surface area contributed by atoms with E-state index in [1.807, 2.05) is 30.3 Å². The minimum Gasteiger partial charge on any atom is -0.373 e. The molecule has 18 heavy (non-hydrogen) atoms. The molecular weight excluding hydrogens is 265 g/mol. The summed E-state index contributed by atoms with van der Waals surface area (Å²) in [5, 5.41) is 0.975. The first-order chi connectivity index (χ1) is 8.56. The zero-order valence-corrected chi connectivity index (χ0v) is 11.3. The summed E-state index contributed by atoms with van der Waals surface area (Å²) in [4.78, 5) is 0. The summed E-state index contributed by atoms with van der Waals surface area (Å²) in [6.07, 6.45) is -3.04. The SMILES string of the molecule is CO[Si](OC)(OC)c1ccccc1.FC=C(F)F. The van der Waals surface area contributed by atoms with Crippen molar-refractivity contribution in [1.82, 2.24) is 0 Å². The Morgan fingerprint density at radius 1 is 1.00 bits per heavy atom. The zero-order chi connectivity index (χ0) is 14.0. The maximum atomic E-state index is 10.2. The first-order valence-corrected chi connectivity index (χ1v) is 6.61. The van der Waals surface area contributed by atoms with Gasteiger partial charge in [-0.1, -0.05) is 30.3 Å². The van der Waals surface area contributed by atoms with Crippen LogP contribution in [0.4, 0.5) is 13.2 Å². The highest BCUT2D eigenvalue weighted by molar-refractivity contribution is 6.75. The van der Waals surface area contributed by atoms with E-state index in [1.165, 1.54) is 0 Å². The summed E-state index contributed by atoms with van der Waals surface area (Å²) in [6.45, 7) is 0. The Morgan fingerprint density at radius 2 is 1.39 bits per heavy atom. The molecule has 1 aromatic carbocycles. The Balaban J connectivity index is 0.000000494. The number of halogens is 3. The van der Waals surface area contributed by atoms with Crippen molar-refractivity contribution in [3.63, 3.8) is 0 Å². The van der Waals surface area contributed by atoms with Gasteiger partial charge in [-0.25, -0.2) is 4.39 Å². The monoisotopic (exact) mass is 280 g/mol. The lowest BCUT2D eigenvalue weighted by Crippen LogP contribution is -2.54. The van der Waals surface area contributed by atoms with Crippen LogP contribution in [0.3, 0.4) is 0 Å². The lowest BCUT2D eigenvalue weighted by Gasteiger charge is -2.24. The highest BCUT2D eigenvalue weighted by atomic mass is 28.4. The van der Waals surface area contributed by atoms with Gasteiger partial charge >= 0.3 is 8.80 Å². The van der Waals surface area contributed by atoms with Crippen molar-refractivity contribution >= 4 is 14.0 Å².